The number of rotatable bonds is 4. The summed E-state index contributed by atoms with van der Waals surface area (Å²) in [5.74, 6) is -0.257. The molecule has 3 aromatic rings. The average molecular weight is 403 g/mol. The van der Waals surface area contributed by atoms with Crippen LogP contribution in [-0.2, 0) is 9.59 Å². The molecule has 2 aromatic carbocycles. The molecule has 0 aliphatic carbocycles. The fourth-order valence-electron chi connectivity index (χ4n) is 3.21. The van der Waals surface area contributed by atoms with E-state index in [1.165, 1.54) is 0 Å². The van der Waals surface area contributed by atoms with Crippen LogP contribution >= 0.6 is 15.9 Å². The van der Waals surface area contributed by atoms with Gasteiger partial charge in [-0.15, -0.1) is 0 Å². The van der Waals surface area contributed by atoms with E-state index in [1.807, 2.05) is 30.3 Å². The lowest BCUT2D eigenvalue weighted by Crippen LogP contribution is -2.39. The maximum atomic E-state index is 12.2. The molecule has 0 bridgehead atoms. The Hall–Kier alpha value is -2.41. The second kappa shape index (κ2) is 6.48. The second-order valence-electron chi connectivity index (χ2n) is 5.93. The molecule has 25 heavy (non-hydrogen) atoms. The molecule has 2 heterocycles. The van der Waals surface area contributed by atoms with E-state index in [4.69, 9.17) is 9.26 Å². The Kier molecular flexibility index (Phi) is 4.17. The molecular formula is C18H15BrN2O4. The van der Waals surface area contributed by atoms with Gasteiger partial charge >= 0.3 is 0 Å². The summed E-state index contributed by atoms with van der Waals surface area (Å²) >= 11 is 3.34. The number of ether oxygens (including phenoxy) is 1. The van der Waals surface area contributed by atoms with E-state index >= 15 is 0 Å². The van der Waals surface area contributed by atoms with Gasteiger partial charge in [0.1, 0.15) is 11.4 Å². The van der Waals surface area contributed by atoms with E-state index in [1.54, 1.807) is 0 Å². The fraction of sp³-hybridized carbons (Fsp3) is 0.278. The van der Waals surface area contributed by atoms with Crippen LogP contribution in [-0.4, -0.2) is 28.9 Å². The molecule has 128 valence electrons. The molecule has 7 heteroatoms. The minimum absolute atomic E-state index is 0.243. The van der Waals surface area contributed by atoms with Gasteiger partial charge in [-0.1, -0.05) is 27.2 Å². The molecule has 6 nitrogen and oxygen atoms in total. The first-order valence-electron chi connectivity index (χ1n) is 8.02. The highest BCUT2D eigenvalue weighted by Gasteiger charge is 2.32. The van der Waals surface area contributed by atoms with Crippen molar-refractivity contribution < 1.29 is 18.8 Å². The Morgan fingerprint density at radius 1 is 1.28 bits per heavy atom. The predicted octanol–water partition coefficient (Wildman–Crippen LogP) is 3.27. The van der Waals surface area contributed by atoms with Crippen LogP contribution in [0.2, 0.25) is 0 Å². The summed E-state index contributed by atoms with van der Waals surface area (Å²) in [6, 6.07) is 9.59. The lowest BCUT2D eigenvalue weighted by molar-refractivity contribution is -0.134. The highest BCUT2D eigenvalue weighted by atomic mass is 79.9. The molecule has 1 aliphatic rings. The van der Waals surface area contributed by atoms with Crippen molar-refractivity contribution in [3.05, 3.63) is 36.0 Å². The molecule has 1 aromatic heterocycles. The molecule has 4 rings (SSSR count). The Labute approximate surface area is 151 Å². The number of benzene rings is 2. The van der Waals surface area contributed by atoms with Crippen LogP contribution in [0.15, 0.2) is 34.9 Å². The van der Waals surface area contributed by atoms with Gasteiger partial charge in [-0.05, 0) is 41.5 Å². The van der Waals surface area contributed by atoms with Crippen molar-refractivity contribution >= 4 is 49.5 Å². The molecule has 0 radical (unpaired) electrons. The molecule has 0 saturated carbocycles. The highest BCUT2D eigenvalue weighted by molar-refractivity contribution is 9.09. The zero-order valence-corrected chi connectivity index (χ0v) is 14.8. The fourth-order valence-corrected chi connectivity index (χ4v) is 3.37. The van der Waals surface area contributed by atoms with E-state index in [9.17, 15) is 9.59 Å². The maximum Gasteiger partial charge on any atom is 0.235 e. The molecule has 1 aliphatic heterocycles. The van der Waals surface area contributed by atoms with Crippen molar-refractivity contribution in [3.8, 4) is 5.75 Å². The standard InChI is InChI=1S/C18H15BrN2O4/c19-7-8-24-11-2-3-12-10(9-11)1-5-14-16(12)17(21-25-14)13-4-6-15(22)20-18(13)23/h1-3,5,9,13H,4,6-8H2,(H,20,22,23). The number of alkyl halides is 1. The summed E-state index contributed by atoms with van der Waals surface area (Å²) in [5, 5.41) is 10.0. The van der Waals surface area contributed by atoms with Gasteiger partial charge in [-0.25, -0.2) is 0 Å². The number of nitrogens with zero attached hydrogens (tertiary/aromatic N) is 1. The molecule has 1 fully saturated rings. The summed E-state index contributed by atoms with van der Waals surface area (Å²) in [4.78, 5) is 23.6. The van der Waals surface area contributed by atoms with Crippen LogP contribution in [0.3, 0.4) is 0 Å². The lowest BCUT2D eigenvalue weighted by Gasteiger charge is -2.19. The Balaban J connectivity index is 1.82. The molecular weight excluding hydrogens is 388 g/mol. The number of carbonyl (C=O) groups is 2. The number of fused-ring (bicyclic) bond motifs is 3. The number of hydrogen-bond donors (Lipinski definition) is 1. The van der Waals surface area contributed by atoms with Gasteiger partial charge in [0.2, 0.25) is 11.8 Å². The van der Waals surface area contributed by atoms with E-state index < -0.39 is 5.92 Å². The SMILES string of the molecule is O=C1CCC(c2noc3ccc4cc(OCCBr)ccc4c23)C(=O)N1. The third kappa shape index (κ3) is 2.89. The van der Waals surface area contributed by atoms with Gasteiger partial charge in [-0.3, -0.25) is 14.9 Å². The number of carbonyl (C=O) groups excluding carboxylic acids is 2. The molecule has 2 amide bonds. The quantitative estimate of drug-likeness (QED) is 0.534. The minimum atomic E-state index is -0.478. The maximum absolute atomic E-state index is 12.2. The Morgan fingerprint density at radius 3 is 2.96 bits per heavy atom. The van der Waals surface area contributed by atoms with Crippen LogP contribution in [0, 0.1) is 0 Å². The van der Waals surface area contributed by atoms with Gasteiger partial charge in [0.05, 0.1) is 17.9 Å². The first kappa shape index (κ1) is 16.1. The minimum Gasteiger partial charge on any atom is -0.493 e. The lowest BCUT2D eigenvalue weighted by atomic mass is 9.91. The Morgan fingerprint density at radius 2 is 2.16 bits per heavy atom. The van der Waals surface area contributed by atoms with Crippen molar-refractivity contribution in [2.24, 2.45) is 0 Å². The average Bonchev–Trinajstić information content (AvgIpc) is 3.04. The van der Waals surface area contributed by atoms with Gasteiger partial charge < -0.3 is 9.26 Å². The molecule has 1 unspecified atom stereocenters. The third-order valence-corrected chi connectivity index (χ3v) is 4.69. The van der Waals surface area contributed by atoms with Crippen LogP contribution in [0.25, 0.3) is 21.7 Å². The number of nitrogens with one attached hydrogen (secondary N) is 1. The summed E-state index contributed by atoms with van der Waals surface area (Å²) in [6.45, 7) is 0.586. The topological polar surface area (TPSA) is 81.4 Å². The zero-order valence-electron chi connectivity index (χ0n) is 13.3. The number of piperidine rings is 1. The Bertz CT molecular complexity index is 982. The number of imide groups is 1. The second-order valence-corrected chi connectivity index (χ2v) is 6.72. The van der Waals surface area contributed by atoms with Crippen molar-refractivity contribution in [3.63, 3.8) is 0 Å². The largest absolute Gasteiger partial charge is 0.493 e. The zero-order chi connectivity index (χ0) is 17.4. The molecule has 1 N–H and O–H groups in total. The highest BCUT2D eigenvalue weighted by Crippen LogP contribution is 2.36. The van der Waals surface area contributed by atoms with E-state index in [2.05, 4.69) is 26.4 Å². The van der Waals surface area contributed by atoms with Crippen LogP contribution in [0.5, 0.6) is 5.75 Å². The summed E-state index contributed by atoms with van der Waals surface area (Å²) in [7, 11) is 0. The van der Waals surface area contributed by atoms with Gasteiger partial charge in [0.15, 0.2) is 5.58 Å². The van der Waals surface area contributed by atoms with Crippen molar-refractivity contribution in [2.45, 2.75) is 18.8 Å². The molecule has 1 atom stereocenters. The molecule has 1 saturated heterocycles. The summed E-state index contributed by atoms with van der Waals surface area (Å²) in [5.41, 5.74) is 1.21. The summed E-state index contributed by atoms with van der Waals surface area (Å²) < 4.78 is 11.1. The number of hydrogen-bond acceptors (Lipinski definition) is 5. The number of halogens is 1. The van der Waals surface area contributed by atoms with Gasteiger partial charge in [-0.2, -0.15) is 0 Å². The first-order valence-corrected chi connectivity index (χ1v) is 9.14. The van der Waals surface area contributed by atoms with E-state index in [0.717, 1.165) is 27.2 Å². The third-order valence-electron chi connectivity index (χ3n) is 4.37. The monoisotopic (exact) mass is 402 g/mol. The smallest absolute Gasteiger partial charge is 0.235 e. The van der Waals surface area contributed by atoms with Crippen LogP contribution < -0.4 is 10.1 Å². The van der Waals surface area contributed by atoms with Crippen LogP contribution in [0.1, 0.15) is 24.5 Å². The summed E-state index contributed by atoms with van der Waals surface area (Å²) in [6.07, 6.45) is 0.745. The van der Waals surface area contributed by atoms with E-state index in [0.29, 0.717) is 30.7 Å². The van der Waals surface area contributed by atoms with E-state index in [-0.39, 0.29) is 11.8 Å². The van der Waals surface area contributed by atoms with Crippen LogP contribution in [0.4, 0.5) is 0 Å². The first-order chi connectivity index (χ1) is 12.2. The van der Waals surface area contributed by atoms with Crippen molar-refractivity contribution in [1.29, 1.82) is 0 Å². The predicted molar refractivity (Wildman–Crippen MR) is 95.9 cm³/mol. The van der Waals surface area contributed by atoms with Gasteiger partial charge in [0, 0.05) is 11.8 Å². The van der Waals surface area contributed by atoms with Crippen molar-refractivity contribution in [2.75, 3.05) is 11.9 Å². The number of aromatic nitrogens is 1. The van der Waals surface area contributed by atoms with Crippen molar-refractivity contribution in [1.82, 2.24) is 10.5 Å². The number of amides is 2. The van der Waals surface area contributed by atoms with Gasteiger partial charge in [0.25, 0.3) is 0 Å². The normalized spacial score (nSPS) is 17.9. The molecule has 0 spiro atoms.